The topological polar surface area (TPSA) is 87.1 Å². The molecule has 0 aromatic heterocycles. The van der Waals surface area contributed by atoms with Gasteiger partial charge in [-0.2, -0.15) is 0 Å². The number of rotatable bonds is 10. The van der Waals surface area contributed by atoms with Crippen LogP contribution in [0.2, 0.25) is 6.32 Å². The molecule has 0 unspecified atom stereocenters. The Morgan fingerprint density at radius 3 is 2.62 bits per heavy atom. The number of carbonyl (C=O) groups is 2. The fourth-order valence-electron chi connectivity index (χ4n) is 6.58. The number of allylic oxidation sites excluding steroid dienone is 2. The molecule has 1 aromatic rings. The van der Waals surface area contributed by atoms with E-state index in [4.69, 9.17) is 4.65 Å². The van der Waals surface area contributed by atoms with Gasteiger partial charge in [0.15, 0.2) is 0 Å². The van der Waals surface area contributed by atoms with Crippen molar-refractivity contribution >= 4 is 40.9 Å². The first-order chi connectivity index (χ1) is 17.8. The zero-order valence-electron chi connectivity index (χ0n) is 22.2. The number of benzene rings is 1. The van der Waals surface area contributed by atoms with Crippen molar-refractivity contribution in [2.24, 2.45) is 17.8 Å². The Bertz CT molecular complexity index is 1090. The van der Waals surface area contributed by atoms with E-state index in [-0.39, 0.29) is 41.4 Å². The predicted molar refractivity (Wildman–Crippen MR) is 150 cm³/mol. The van der Waals surface area contributed by atoms with Gasteiger partial charge in [-0.15, -0.1) is 0 Å². The van der Waals surface area contributed by atoms with Crippen LogP contribution in [0, 0.1) is 17.8 Å². The number of likely N-dealkylation sites (tertiary alicyclic amines) is 1. The molecule has 37 heavy (non-hydrogen) atoms. The van der Waals surface area contributed by atoms with E-state index in [1.54, 1.807) is 6.07 Å². The summed E-state index contributed by atoms with van der Waals surface area (Å²) in [7, 11) is -0.948. The zero-order valence-corrected chi connectivity index (χ0v) is 23.8. The van der Waals surface area contributed by atoms with E-state index in [9.17, 15) is 19.7 Å². The predicted octanol–water partition coefficient (Wildman–Crippen LogP) is 6.13. The minimum Gasteiger partial charge on any atom is -0.507 e. The van der Waals surface area contributed by atoms with Crippen molar-refractivity contribution < 1.29 is 24.4 Å². The van der Waals surface area contributed by atoms with Gasteiger partial charge in [0.2, 0.25) is 11.8 Å². The number of carbonyl (C=O) groups excluding carboxylic acids is 2. The lowest BCUT2D eigenvalue weighted by Crippen LogP contribution is -2.46. The van der Waals surface area contributed by atoms with Crippen LogP contribution in [0.15, 0.2) is 39.4 Å². The number of halogens is 1. The van der Waals surface area contributed by atoms with Gasteiger partial charge in [-0.25, -0.2) is 0 Å². The molecule has 4 rings (SSSR count). The van der Waals surface area contributed by atoms with Gasteiger partial charge in [0, 0.05) is 16.6 Å². The maximum Gasteiger partial charge on any atom is 0.455 e. The van der Waals surface area contributed by atoms with Crippen LogP contribution < -0.4 is 0 Å². The van der Waals surface area contributed by atoms with Crippen LogP contribution in [-0.2, 0) is 14.2 Å². The Kier molecular flexibility index (Phi) is 9.36. The molecule has 1 aromatic carbocycles. The van der Waals surface area contributed by atoms with Crippen LogP contribution in [0.4, 0.5) is 0 Å². The molecule has 8 heteroatoms. The summed E-state index contributed by atoms with van der Waals surface area (Å²) >= 11 is 3.49. The number of hydrogen-bond acceptors (Lipinski definition) is 5. The van der Waals surface area contributed by atoms with E-state index in [1.807, 2.05) is 19.1 Å². The molecule has 0 saturated carbocycles. The van der Waals surface area contributed by atoms with Crippen LogP contribution in [0.3, 0.4) is 0 Å². The van der Waals surface area contributed by atoms with Crippen molar-refractivity contribution in [2.75, 3.05) is 6.54 Å². The van der Waals surface area contributed by atoms with Gasteiger partial charge < -0.3 is 14.8 Å². The number of hydrogen-bond donors (Lipinski definition) is 2. The van der Waals surface area contributed by atoms with Gasteiger partial charge in [0.1, 0.15) is 5.75 Å². The van der Waals surface area contributed by atoms with Crippen molar-refractivity contribution in [3.8, 4) is 5.75 Å². The third-order valence-electron chi connectivity index (χ3n) is 8.05. The normalized spacial score (nSPS) is 26.1. The zero-order chi connectivity index (χ0) is 26.7. The lowest BCUT2D eigenvalue weighted by molar-refractivity contribution is -0.140. The van der Waals surface area contributed by atoms with E-state index < -0.39 is 7.12 Å². The third kappa shape index (κ3) is 5.91. The standard InChI is InChI=1S/C29H39BBrNO5/c1-4-7-18(14-20-15-21(31)10-11-24(20)33)9-12-25-26-19(8-5-2)16-22-27(23(26)17-30(36)37-25)29(35)32(13-6-3)28(22)34/h10-11,14-15,22-23,25,27,33,36H,4-9,12-13,16-17H2,1-3H3/b18-14+/t22-,23+,25-,27-/m1/s1. The highest BCUT2D eigenvalue weighted by molar-refractivity contribution is 9.10. The number of amides is 2. The molecule has 200 valence electrons. The third-order valence-corrected chi connectivity index (χ3v) is 8.54. The second-order valence-electron chi connectivity index (χ2n) is 10.7. The van der Waals surface area contributed by atoms with E-state index >= 15 is 0 Å². The largest absolute Gasteiger partial charge is 0.507 e. The summed E-state index contributed by atoms with van der Waals surface area (Å²) in [6.07, 6.45) is 8.67. The first-order valence-electron chi connectivity index (χ1n) is 13.9. The summed E-state index contributed by atoms with van der Waals surface area (Å²) in [4.78, 5) is 28.1. The second kappa shape index (κ2) is 12.3. The van der Waals surface area contributed by atoms with Crippen LogP contribution in [-0.4, -0.2) is 46.6 Å². The Morgan fingerprint density at radius 1 is 1.14 bits per heavy atom. The molecule has 0 bridgehead atoms. The molecule has 6 nitrogen and oxygen atoms in total. The maximum atomic E-state index is 13.4. The van der Waals surface area contributed by atoms with E-state index in [1.165, 1.54) is 16.0 Å². The highest BCUT2D eigenvalue weighted by atomic mass is 79.9. The number of nitrogens with zero attached hydrogens (tertiary/aromatic N) is 1. The van der Waals surface area contributed by atoms with Crippen LogP contribution >= 0.6 is 15.9 Å². The summed E-state index contributed by atoms with van der Waals surface area (Å²) in [6.45, 7) is 6.73. The first-order valence-corrected chi connectivity index (χ1v) is 14.7. The maximum absolute atomic E-state index is 13.4. The van der Waals surface area contributed by atoms with Crippen molar-refractivity contribution in [3.63, 3.8) is 0 Å². The molecule has 1 aliphatic carbocycles. The summed E-state index contributed by atoms with van der Waals surface area (Å²) in [5.41, 5.74) is 4.39. The number of imide groups is 1. The second-order valence-corrected chi connectivity index (χ2v) is 11.6. The SMILES string of the molecule is CCCC1=C2[C@@H](CC/C(=C/c3cc(Br)ccc3O)CCC)OB(O)C[C@@H]2[C@@H]2C(=O)N(CCC)C(=O)[C@@H]2C1. The highest BCUT2D eigenvalue weighted by Gasteiger charge is 2.56. The number of fused-ring (bicyclic) bond motifs is 3. The molecular formula is C29H39BBrNO5. The van der Waals surface area contributed by atoms with Gasteiger partial charge in [0.25, 0.3) is 0 Å². The van der Waals surface area contributed by atoms with E-state index in [0.717, 1.165) is 54.1 Å². The smallest absolute Gasteiger partial charge is 0.455 e. The molecule has 2 aliphatic heterocycles. The minimum absolute atomic E-state index is 0.0379. The summed E-state index contributed by atoms with van der Waals surface area (Å²) < 4.78 is 7.05. The molecule has 2 heterocycles. The monoisotopic (exact) mass is 571 g/mol. The molecule has 3 aliphatic rings. The number of aromatic hydroxyl groups is 1. The molecular weight excluding hydrogens is 533 g/mol. The Labute approximate surface area is 229 Å². The van der Waals surface area contributed by atoms with E-state index in [2.05, 4.69) is 35.9 Å². The van der Waals surface area contributed by atoms with Crippen molar-refractivity contribution in [3.05, 3.63) is 45.0 Å². The molecule has 2 fully saturated rings. The molecule has 0 spiro atoms. The summed E-state index contributed by atoms with van der Waals surface area (Å²) in [5.74, 6) is -0.715. The molecule has 0 radical (unpaired) electrons. The first kappa shape index (κ1) is 28.1. The van der Waals surface area contributed by atoms with Crippen molar-refractivity contribution in [2.45, 2.75) is 84.6 Å². The fraction of sp³-hybridized carbons (Fsp3) is 0.586. The lowest BCUT2D eigenvalue weighted by Gasteiger charge is -2.43. The van der Waals surface area contributed by atoms with Gasteiger partial charge in [0.05, 0.1) is 17.9 Å². The van der Waals surface area contributed by atoms with Crippen LogP contribution in [0.1, 0.15) is 77.7 Å². The lowest BCUT2D eigenvalue weighted by atomic mass is 9.58. The van der Waals surface area contributed by atoms with Gasteiger partial charge >= 0.3 is 7.12 Å². The van der Waals surface area contributed by atoms with Crippen molar-refractivity contribution in [1.29, 1.82) is 0 Å². The van der Waals surface area contributed by atoms with Gasteiger partial charge in [-0.05, 0) is 74.5 Å². The average Bonchev–Trinajstić information content (AvgIpc) is 3.09. The van der Waals surface area contributed by atoms with E-state index in [0.29, 0.717) is 25.7 Å². The highest BCUT2D eigenvalue weighted by Crippen LogP contribution is 2.51. The quantitative estimate of drug-likeness (QED) is 0.200. The van der Waals surface area contributed by atoms with Gasteiger partial charge in [-0.1, -0.05) is 66.8 Å². The molecule has 2 N–H and O–H groups in total. The summed E-state index contributed by atoms with van der Waals surface area (Å²) in [6, 6.07) is 5.42. The Hall–Kier alpha value is -1.90. The van der Waals surface area contributed by atoms with Crippen LogP contribution in [0.5, 0.6) is 5.75 Å². The molecule has 2 amide bonds. The van der Waals surface area contributed by atoms with Gasteiger partial charge in [-0.3, -0.25) is 14.5 Å². The minimum atomic E-state index is -0.948. The summed E-state index contributed by atoms with van der Waals surface area (Å²) in [5, 5.41) is 21.1. The number of phenols is 1. The molecule has 4 atom stereocenters. The van der Waals surface area contributed by atoms with Crippen LogP contribution in [0.25, 0.3) is 6.08 Å². The number of phenolic OH excluding ortho intramolecular Hbond substituents is 1. The Morgan fingerprint density at radius 2 is 1.92 bits per heavy atom. The Balaban J connectivity index is 1.63. The average molecular weight is 572 g/mol. The van der Waals surface area contributed by atoms with Crippen molar-refractivity contribution in [1.82, 2.24) is 4.90 Å². The molecule has 2 saturated heterocycles. The fourth-order valence-corrected chi connectivity index (χ4v) is 6.96.